The maximum Gasteiger partial charge on any atom is 0.248 e. The van der Waals surface area contributed by atoms with Crippen molar-refractivity contribution in [2.75, 3.05) is 0 Å². The number of rotatable bonds is 4. The molecule has 37 heavy (non-hydrogen) atoms. The van der Waals surface area contributed by atoms with Crippen LogP contribution in [0.2, 0.25) is 0 Å². The van der Waals surface area contributed by atoms with E-state index in [1.54, 1.807) is 11.3 Å². The number of thiophene rings is 1. The van der Waals surface area contributed by atoms with Gasteiger partial charge in [0.15, 0.2) is 11.4 Å². The highest BCUT2D eigenvalue weighted by atomic mass is 79.9. The first-order valence-corrected chi connectivity index (χ1v) is 14.4. The number of nitrogens with zero attached hydrogens (tertiary/aromatic N) is 6. The molecule has 0 saturated carbocycles. The quantitative estimate of drug-likeness (QED) is 0.211. The Balaban J connectivity index is 1.60. The van der Waals surface area contributed by atoms with E-state index in [4.69, 9.17) is 10.4 Å². The minimum atomic E-state index is 0.934. The van der Waals surface area contributed by atoms with Gasteiger partial charge in [-0.15, -0.1) is 20.7 Å². The fourth-order valence-electron chi connectivity index (χ4n) is 5.32. The molecule has 0 aliphatic rings. The van der Waals surface area contributed by atoms with Crippen molar-refractivity contribution in [3.8, 4) is 32.5 Å². The molecule has 0 radical (unpaired) electrons. The molecule has 6 nitrogen and oxygen atoms in total. The SMILES string of the molecule is Cc1cc(C)c(-n2n[n+](C)c(-c3ccc(-c4c(Br)n(-c5c(C)cc(C)cc5C)n[n+]4C)s3)c2Br)c(C)c1. The minimum Gasteiger partial charge on any atom is -0.130 e. The van der Waals surface area contributed by atoms with Crippen LogP contribution in [0, 0.1) is 41.5 Å². The zero-order valence-electron chi connectivity index (χ0n) is 22.3. The molecule has 0 amide bonds. The molecule has 3 heterocycles. The summed E-state index contributed by atoms with van der Waals surface area (Å²) >= 11 is 9.46. The largest absolute Gasteiger partial charge is 0.248 e. The standard InChI is InChI=1S/C28H30Br2N6S/c1-15-11-17(3)23(18(4)12-15)35-27(29)25(33(7)31-35)21-9-10-22(37-21)26-28(30)36(32-34(26)8)24-19(5)13-16(2)14-20(24)6/h9-14H,1-8H3/q+2. The lowest BCUT2D eigenvalue weighted by atomic mass is 10.1. The number of aromatic nitrogens is 6. The lowest BCUT2D eigenvalue weighted by molar-refractivity contribution is -0.721. The van der Waals surface area contributed by atoms with E-state index in [1.165, 1.54) is 33.4 Å². The predicted molar refractivity (Wildman–Crippen MR) is 156 cm³/mol. The van der Waals surface area contributed by atoms with Crippen molar-refractivity contribution < 1.29 is 9.36 Å². The van der Waals surface area contributed by atoms with E-state index >= 15 is 0 Å². The first-order valence-electron chi connectivity index (χ1n) is 12.0. The van der Waals surface area contributed by atoms with Gasteiger partial charge in [-0.1, -0.05) is 44.8 Å². The van der Waals surface area contributed by atoms with Crippen LogP contribution in [0.4, 0.5) is 0 Å². The van der Waals surface area contributed by atoms with Gasteiger partial charge in [0.1, 0.15) is 14.1 Å². The first-order chi connectivity index (χ1) is 17.5. The van der Waals surface area contributed by atoms with Crippen molar-refractivity contribution in [1.29, 1.82) is 0 Å². The van der Waals surface area contributed by atoms with Crippen LogP contribution in [0.1, 0.15) is 33.4 Å². The van der Waals surface area contributed by atoms with Crippen LogP contribution in [-0.2, 0) is 14.1 Å². The second kappa shape index (κ2) is 9.60. The Hall–Kier alpha value is -2.62. The molecule has 0 spiro atoms. The molecule has 0 bridgehead atoms. The Kier molecular flexibility index (Phi) is 6.75. The van der Waals surface area contributed by atoms with E-state index in [0.29, 0.717) is 0 Å². The third-order valence-corrected chi connectivity index (χ3v) is 9.15. The molecule has 5 aromatic rings. The van der Waals surface area contributed by atoms with Gasteiger partial charge in [-0.05, 0) is 75.9 Å². The molecule has 0 aliphatic carbocycles. The number of halogens is 2. The van der Waals surface area contributed by atoms with Crippen molar-refractivity contribution in [2.45, 2.75) is 41.5 Å². The van der Waals surface area contributed by atoms with Crippen LogP contribution >= 0.6 is 43.2 Å². The van der Waals surface area contributed by atoms with Crippen LogP contribution in [0.25, 0.3) is 32.5 Å². The summed E-state index contributed by atoms with van der Waals surface area (Å²) in [5.41, 5.74) is 11.6. The van der Waals surface area contributed by atoms with Gasteiger partial charge in [-0.2, -0.15) is 0 Å². The second-order valence-electron chi connectivity index (χ2n) is 9.79. The first kappa shape index (κ1) is 26.0. The maximum atomic E-state index is 4.86. The van der Waals surface area contributed by atoms with Crippen LogP contribution in [-0.4, -0.2) is 19.8 Å². The van der Waals surface area contributed by atoms with Gasteiger partial charge in [-0.25, -0.2) is 0 Å². The molecule has 0 aliphatic heterocycles. The van der Waals surface area contributed by atoms with Crippen LogP contribution in [0.15, 0.2) is 45.6 Å². The minimum absolute atomic E-state index is 0.934. The molecule has 5 rings (SSSR count). The summed E-state index contributed by atoms with van der Waals surface area (Å²) in [6, 6.07) is 13.1. The summed E-state index contributed by atoms with van der Waals surface area (Å²) in [7, 11) is 3.98. The molecular formula is C28H30Br2N6S+2. The molecule has 2 aromatic carbocycles. The van der Waals surface area contributed by atoms with E-state index < -0.39 is 0 Å². The molecule has 190 valence electrons. The fraction of sp³-hybridized carbons (Fsp3) is 0.286. The second-order valence-corrected chi connectivity index (χ2v) is 12.4. The summed E-state index contributed by atoms with van der Waals surface area (Å²) in [6.07, 6.45) is 0. The van der Waals surface area contributed by atoms with E-state index in [0.717, 1.165) is 41.7 Å². The maximum absolute atomic E-state index is 4.86. The summed E-state index contributed by atoms with van der Waals surface area (Å²) in [6.45, 7) is 12.8. The third kappa shape index (κ3) is 4.41. The van der Waals surface area contributed by atoms with Crippen LogP contribution in [0.5, 0.6) is 0 Å². The number of hydrogen-bond donors (Lipinski definition) is 0. The van der Waals surface area contributed by atoms with Gasteiger partial charge in [0.05, 0.1) is 20.2 Å². The normalized spacial score (nSPS) is 11.5. The Labute approximate surface area is 238 Å². The lowest BCUT2D eigenvalue weighted by Crippen LogP contribution is -2.33. The zero-order valence-corrected chi connectivity index (χ0v) is 26.3. The number of benzene rings is 2. The third-order valence-electron chi connectivity index (χ3n) is 6.62. The van der Waals surface area contributed by atoms with Crippen molar-refractivity contribution in [2.24, 2.45) is 14.1 Å². The Bertz CT molecular complexity index is 1520. The van der Waals surface area contributed by atoms with Gasteiger partial charge in [0, 0.05) is 31.9 Å². The van der Waals surface area contributed by atoms with E-state index in [1.807, 2.05) is 32.8 Å². The molecule has 0 saturated heterocycles. The number of hydrogen-bond acceptors (Lipinski definition) is 3. The van der Waals surface area contributed by atoms with E-state index in [2.05, 4.69) is 110 Å². The highest BCUT2D eigenvalue weighted by Crippen LogP contribution is 2.39. The van der Waals surface area contributed by atoms with Gasteiger partial charge in [-0.3, -0.25) is 0 Å². The summed E-state index contributed by atoms with van der Waals surface area (Å²) in [5.74, 6) is 0. The van der Waals surface area contributed by atoms with E-state index in [-0.39, 0.29) is 0 Å². The van der Waals surface area contributed by atoms with Gasteiger partial charge in [0.25, 0.3) is 0 Å². The lowest BCUT2D eigenvalue weighted by Gasteiger charge is -2.06. The average Bonchev–Trinajstić information content (AvgIpc) is 3.43. The molecule has 9 heteroatoms. The van der Waals surface area contributed by atoms with Crippen molar-refractivity contribution in [1.82, 2.24) is 19.8 Å². The number of aryl methyl sites for hydroxylation is 8. The molecular weight excluding hydrogens is 612 g/mol. The monoisotopic (exact) mass is 640 g/mol. The molecule has 0 atom stereocenters. The van der Waals surface area contributed by atoms with Crippen molar-refractivity contribution in [3.05, 3.63) is 79.0 Å². The van der Waals surface area contributed by atoms with Crippen LogP contribution in [0.3, 0.4) is 0 Å². The Morgan fingerprint density at radius 1 is 0.622 bits per heavy atom. The Morgan fingerprint density at radius 3 is 1.27 bits per heavy atom. The van der Waals surface area contributed by atoms with Crippen molar-refractivity contribution >= 4 is 43.2 Å². The molecule has 0 N–H and O–H groups in total. The van der Waals surface area contributed by atoms with Gasteiger partial charge >= 0.3 is 0 Å². The zero-order chi connectivity index (χ0) is 26.8. The van der Waals surface area contributed by atoms with E-state index in [9.17, 15) is 0 Å². The molecule has 0 fully saturated rings. The van der Waals surface area contributed by atoms with Gasteiger partial charge in [0.2, 0.25) is 20.6 Å². The predicted octanol–water partition coefficient (Wildman–Crippen LogP) is 6.48. The Morgan fingerprint density at radius 2 is 0.946 bits per heavy atom. The summed E-state index contributed by atoms with van der Waals surface area (Å²) in [4.78, 5) is 2.25. The summed E-state index contributed by atoms with van der Waals surface area (Å²) < 4.78 is 9.74. The highest BCUT2D eigenvalue weighted by molar-refractivity contribution is 9.10. The summed E-state index contributed by atoms with van der Waals surface area (Å²) in [5, 5.41) is 9.72. The fourth-order valence-corrected chi connectivity index (χ4v) is 8.18. The highest BCUT2D eigenvalue weighted by Gasteiger charge is 2.31. The smallest absolute Gasteiger partial charge is 0.130 e. The van der Waals surface area contributed by atoms with Crippen molar-refractivity contribution in [3.63, 3.8) is 0 Å². The topological polar surface area (TPSA) is 43.4 Å². The van der Waals surface area contributed by atoms with Gasteiger partial charge < -0.3 is 0 Å². The van der Waals surface area contributed by atoms with Crippen LogP contribution < -0.4 is 9.36 Å². The average molecular weight is 642 g/mol. The molecule has 0 unspecified atom stereocenters. The molecule has 3 aromatic heterocycles.